The van der Waals surface area contributed by atoms with Crippen LogP contribution >= 0.6 is 0 Å². The van der Waals surface area contributed by atoms with Crippen LogP contribution in [0.1, 0.15) is 36.6 Å². The minimum Gasteiger partial charge on any atom is -0.325 e. The van der Waals surface area contributed by atoms with Gasteiger partial charge in [-0.25, -0.2) is 8.42 Å². The molecule has 16 heavy (non-hydrogen) atoms. The lowest BCUT2D eigenvalue weighted by molar-refractivity contribution is 0.599. The molecule has 0 spiro atoms. The fraction of sp³-hybridized carbons (Fsp3) is 0.545. The maximum absolute atomic E-state index is 11.6. The second kappa shape index (κ2) is 4.05. The van der Waals surface area contributed by atoms with E-state index >= 15 is 0 Å². The maximum Gasteiger partial charge on any atom is 0.267 e. The molecule has 0 saturated heterocycles. The van der Waals surface area contributed by atoms with E-state index in [0.29, 0.717) is 5.56 Å². The number of sulfone groups is 1. The molecule has 0 fully saturated rings. The molecule has 90 valence electrons. The van der Waals surface area contributed by atoms with Crippen molar-refractivity contribution in [2.75, 3.05) is 6.26 Å². The third-order valence-electron chi connectivity index (χ3n) is 2.60. The largest absolute Gasteiger partial charge is 0.325 e. The van der Waals surface area contributed by atoms with Crippen LogP contribution < -0.4 is 5.56 Å². The predicted molar refractivity (Wildman–Crippen MR) is 63.7 cm³/mol. The van der Waals surface area contributed by atoms with Crippen molar-refractivity contribution in [1.29, 1.82) is 0 Å². The maximum atomic E-state index is 11.6. The Labute approximate surface area is 95.6 Å². The number of nitrogens with one attached hydrogen (secondary N) is 1. The Balaban J connectivity index is 3.80. The summed E-state index contributed by atoms with van der Waals surface area (Å²) in [5.41, 5.74) is 1.69. The van der Waals surface area contributed by atoms with Gasteiger partial charge >= 0.3 is 0 Å². The molecule has 0 aliphatic rings. The molecule has 1 heterocycles. The molecule has 0 bridgehead atoms. The monoisotopic (exact) mass is 243 g/mol. The first kappa shape index (κ1) is 13.0. The van der Waals surface area contributed by atoms with Crippen molar-refractivity contribution in [2.45, 2.75) is 38.5 Å². The Hall–Kier alpha value is -1.10. The van der Waals surface area contributed by atoms with Gasteiger partial charge < -0.3 is 4.98 Å². The van der Waals surface area contributed by atoms with Crippen molar-refractivity contribution in [3.05, 3.63) is 27.2 Å². The highest BCUT2D eigenvalue weighted by atomic mass is 32.2. The first-order valence-corrected chi connectivity index (χ1v) is 6.98. The van der Waals surface area contributed by atoms with Crippen LogP contribution in [-0.2, 0) is 9.84 Å². The minimum absolute atomic E-state index is 0.109. The lowest BCUT2D eigenvalue weighted by Crippen LogP contribution is -2.22. The van der Waals surface area contributed by atoms with Crippen LogP contribution in [0.4, 0.5) is 0 Å². The van der Waals surface area contributed by atoms with Crippen LogP contribution in [0.5, 0.6) is 0 Å². The third-order valence-corrected chi connectivity index (χ3v) is 3.84. The lowest BCUT2D eigenvalue weighted by atomic mass is 9.97. The third kappa shape index (κ3) is 2.19. The summed E-state index contributed by atoms with van der Waals surface area (Å²) in [4.78, 5) is 14.1. The van der Waals surface area contributed by atoms with Crippen molar-refractivity contribution in [3.63, 3.8) is 0 Å². The summed E-state index contributed by atoms with van der Waals surface area (Å²) >= 11 is 0. The van der Waals surface area contributed by atoms with E-state index in [1.165, 1.54) is 0 Å². The van der Waals surface area contributed by atoms with Crippen LogP contribution in [0, 0.1) is 13.8 Å². The van der Waals surface area contributed by atoms with E-state index in [0.717, 1.165) is 17.5 Å². The van der Waals surface area contributed by atoms with Crippen molar-refractivity contribution in [2.24, 2.45) is 0 Å². The molecule has 1 aromatic rings. The second-order valence-electron chi connectivity index (χ2n) is 4.37. The first-order valence-electron chi connectivity index (χ1n) is 5.09. The molecule has 0 aliphatic carbocycles. The summed E-state index contributed by atoms with van der Waals surface area (Å²) in [5, 5.41) is 0. The Morgan fingerprint density at radius 3 is 2.06 bits per heavy atom. The van der Waals surface area contributed by atoms with Gasteiger partial charge in [0.2, 0.25) is 0 Å². The van der Waals surface area contributed by atoms with Gasteiger partial charge in [0.15, 0.2) is 9.84 Å². The summed E-state index contributed by atoms with van der Waals surface area (Å²) in [5.74, 6) is 0.178. The van der Waals surface area contributed by atoms with Gasteiger partial charge in [0.05, 0.1) is 0 Å². The van der Waals surface area contributed by atoms with Crippen LogP contribution in [-0.4, -0.2) is 19.7 Å². The van der Waals surface area contributed by atoms with Gasteiger partial charge in [-0.1, -0.05) is 13.8 Å². The SMILES string of the molecule is Cc1[nH]c(=O)c(S(C)(=O)=O)c(C)c1C(C)C. The minimum atomic E-state index is -3.48. The van der Waals surface area contributed by atoms with Crippen LogP contribution in [0.25, 0.3) is 0 Å². The number of aromatic amines is 1. The highest BCUT2D eigenvalue weighted by molar-refractivity contribution is 7.90. The van der Waals surface area contributed by atoms with E-state index < -0.39 is 15.4 Å². The summed E-state index contributed by atoms with van der Waals surface area (Å²) in [6.07, 6.45) is 1.06. The fourth-order valence-corrected chi connectivity index (χ4v) is 3.23. The number of hydrogen-bond donors (Lipinski definition) is 1. The average molecular weight is 243 g/mol. The Kier molecular flexibility index (Phi) is 3.28. The average Bonchev–Trinajstić information content (AvgIpc) is 1.97. The Morgan fingerprint density at radius 1 is 1.19 bits per heavy atom. The molecule has 1 aromatic heterocycles. The summed E-state index contributed by atoms with van der Waals surface area (Å²) in [7, 11) is -3.48. The zero-order valence-electron chi connectivity index (χ0n) is 10.2. The normalized spacial score (nSPS) is 12.1. The molecule has 0 unspecified atom stereocenters. The van der Waals surface area contributed by atoms with Gasteiger partial charge in [0.25, 0.3) is 5.56 Å². The molecule has 4 nitrogen and oxygen atoms in total. The molecule has 0 amide bonds. The summed E-state index contributed by atoms with van der Waals surface area (Å²) in [6.45, 7) is 7.42. The number of rotatable bonds is 2. The van der Waals surface area contributed by atoms with Crippen molar-refractivity contribution in [3.8, 4) is 0 Å². The van der Waals surface area contributed by atoms with E-state index in [-0.39, 0.29) is 10.8 Å². The molecule has 0 atom stereocenters. The zero-order valence-corrected chi connectivity index (χ0v) is 11.0. The summed E-state index contributed by atoms with van der Waals surface area (Å²) < 4.78 is 23.1. The van der Waals surface area contributed by atoms with Gasteiger partial charge in [0.1, 0.15) is 4.90 Å². The fourth-order valence-electron chi connectivity index (χ4n) is 2.18. The molecular weight excluding hydrogens is 226 g/mol. The van der Waals surface area contributed by atoms with Crippen LogP contribution in [0.15, 0.2) is 9.69 Å². The second-order valence-corrected chi connectivity index (χ2v) is 6.33. The Bertz CT molecular complexity index is 568. The van der Waals surface area contributed by atoms with Crippen molar-refractivity contribution < 1.29 is 8.42 Å². The molecule has 1 rings (SSSR count). The van der Waals surface area contributed by atoms with Crippen LogP contribution in [0.3, 0.4) is 0 Å². The van der Waals surface area contributed by atoms with E-state index in [2.05, 4.69) is 4.98 Å². The van der Waals surface area contributed by atoms with E-state index in [1.54, 1.807) is 13.8 Å². The molecule has 0 aliphatic heterocycles. The number of H-pyrrole nitrogens is 1. The first-order chi connectivity index (χ1) is 7.16. The summed E-state index contributed by atoms with van der Waals surface area (Å²) in [6, 6.07) is 0. The lowest BCUT2D eigenvalue weighted by Gasteiger charge is -2.15. The molecule has 5 heteroatoms. The van der Waals surface area contributed by atoms with Gasteiger partial charge in [-0.2, -0.15) is 0 Å². The molecule has 1 N–H and O–H groups in total. The van der Waals surface area contributed by atoms with Crippen molar-refractivity contribution in [1.82, 2.24) is 4.98 Å². The quantitative estimate of drug-likeness (QED) is 0.856. The van der Waals surface area contributed by atoms with Gasteiger partial charge in [-0.05, 0) is 30.9 Å². The Morgan fingerprint density at radius 2 is 1.69 bits per heavy atom. The van der Waals surface area contributed by atoms with E-state index in [9.17, 15) is 13.2 Å². The highest BCUT2D eigenvalue weighted by Gasteiger charge is 2.21. The van der Waals surface area contributed by atoms with Gasteiger partial charge in [0, 0.05) is 11.9 Å². The number of aryl methyl sites for hydroxylation is 1. The van der Waals surface area contributed by atoms with E-state index in [1.807, 2.05) is 13.8 Å². The number of hydrogen-bond acceptors (Lipinski definition) is 3. The predicted octanol–water partition coefficient (Wildman–Crippen LogP) is 1.52. The number of aromatic nitrogens is 1. The molecule has 0 radical (unpaired) electrons. The topological polar surface area (TPSA) is 67.0 Å². The van der Waals surface area contributed by atoms with Gasteiger partial charge in [-0.15, -0.1) is 0 Å². The van der Waals surface area contributed by atoms with Gasteiger partial charge in [-0.3, -0.25) is 4.79 Å². The highest BCUT2D eigenvalue weighted by Crippen LogP contribution is 2.24. The smallest absolute Gasteiger partial charge is 0.267 e. The van der Waals surface area contributed by atoms with Crippen molar-refractivity contribution >= 4 is 9.84 Å². The molecule has 0 aromatic carbocycles. The molecule has 0 saturated carbocycles. The number of pyridine rings is 1. The molecular formula is C11H17NO3S. The van der Waals surface area contributed by atoms with E-state index in [4.69, 9.17) is 0 Å². The van der Waals surface area contributed by atoms with Crippen LogP contribution in [0.2, 0.25) is 0 Å². The standard InChI is InChI=1S/C11H17NO3S/c1-6(2)9-7(3)10(16(5,14)15)11(13)12-8(9)4/h6H,1-5H3,(H,12,13). The zero-order chi connectivity index (χ0) is 12.7.